The number of ether oxygens (including phenoxy) is 1. The summed E-state index contributed by atoms with van der Waals surface area (Å²) in [6.07, 6.45) is 2.09. The molecule has 6 nitrogen and oxygen atoms in total. The van der Waals surface area contributed by atoms with E-state index in [1.54, 1.807) is 13.2 Å². The molecule has 0 amide bonds. The first kappa shape index (κ1) is 13.5. The largest absolute Gasteiger partial charge is 0.399 e. The van der Waals surface area contributed by atoms with Gasteiger partial charge in [0, 0.05) is 24.8 Å². The van der Waals surface area contributed by atoms with Gasteiger partial charge >= 0.3 is 0 Å². The Morgan fingerprint density at radius 1 is 1.42 bits per heavy atom. The molecule has 1 heterocycles. The van der Waals surface area contributed by atoms with Gasteiger partial charge < -0.3 is 20.9 Å². The maximum absolute atomic E-state index is 9.05. The zero-order valence-corrected chi connectivity index (χ0v) is 10.8. The third-order valence-electron chi connectivity index (χ3n) is 2.85. The topological polar surface area (TPSA) is 93.3 Å². The van der Waals surface area contributed by atoms with Crippen molar-refractivity contribution in [1.82, 2.24) is 9.97 Å². The normalized spacial score (nSPS) is 12.5. The van der Waals surface area contributed by atoms with Crippen molar-refractivity contribution in [2.45, 2.75) is 12.5 Å². The van der Waals surface area contributed by atoms with Gasteiger partial charge in [0.15, 0.2) is 0 Å². The van der Waals surface area contributed by atoms with Crippen LogP contribution in [0.1, 0.15) is 6.42 Å². The molecule has 0 bridgehead atoms. The van der Waals surface area contributed by atoms with Gasteiger partial charge in [-0.15, -0.1) is 0 Å². The highest BCUT2D eigenvalue weighted by Crippen LogP contribution is 2.22. The highest BCUT2D eigenvalue weighted by Gasteiger charge is 2.11. The van der Waals surface area contributed by atoms with Crippen molar-refractivity contribution in [1.29, 1.82) is 0 Å². The van der Waals surface area contributed by atoms with Crippen LogP contribution in [-0.2, 0) is 4.74 Å². The summed E-state index contributed by atoms with van der Waals surface area (Å²) in [7, 11) is 1.63. The number of nitrogen functional groups attached to an aromatic ring is 1. The molecule has 0 aliphatic heterocycles. The van der Waals surface area contributed by atoms with Gasteiger partial charge in [0.2, 0.25) is 0 Å². The van der Waals surface area contributed by atoms with E-state index in [2.05, 4.69) is 15.3 Å². The minimum Gasteiger partial charge on any atom is -0.399 e. The van der Waals surface area contributed by atoms with Crippen molar-refractivity contribution in [3.05, 3.63) is 24.5 Å². The Labute approximate surface area is 111 Å². The van der Waals surface area contributed by atoms with E-state index in [1.807, 2.05) is 12.1 Å². The standard InChI is InChI=1S/C13H18N4O2/c1-19-7-10(4-5-18)17-13-11-6-9(14)2-3-12(11)15-8-16-13/h2-3,6,8,10,18H,4-5,7,14H2,1H3,(H,15,16,17). The molecule has 0 radical (unpaired) electrons. The lowest BCUT2D eigenvalue weighted by molar-refractivity contribution is 0.170. The molecule has 0 saturated heterocycles. The highest BCUT2D eigenvalue weighted by atomic mass is 16.5. The van der Waals surface area contributed by atoms with Crippen LogP contribution in [0.5, 0.6) is 0 Å². The van der Waals surface area contributed by atoms with Crippen LogP contribution >= 0.6 is 0 Å². The molecule has 0 spiro atoms. The van der Waals surface area contributed by atoms with E-state index in [-0.39, 0.29) is 12.6 Å². The van der Waals surface area contributed by atoms with Gasteiger partial charge in [0.05, 0.1) is 18.2 Å². The van der Waals surface area contributed by atoms with Crippen molar-refractivity contribution >= 4 is 22.4 Å². The molecule has 19 heavy (non-hydrogen) atoms. The van der Waals surface area contributed by atoms with Gasteiger partial charge in [-0.25, -0.2) is 9.97 Å². The number of aliphatic hydroxyl groups excluding tert-OH is 1. The van der Waals surface area contributed by atoms with E-state index in [0.29, 0.717) is 24.5 Å². The summed E-state index contributed by atoms with van der Waals surface area (Å²) in [6.45, 7) is 0.584. The number of aliphatic hydroxyl groups is 1. The Morgan fingerprint density at radius 2 is 2.26 bits per heavy atom. The summed E-state index contributed by atoms with van der Waals surface area (Å²) in [5.74, 6) is 0.702. The van der Waals surface area contributed by atoms with E-state index < -0.39 is 0 Å². The maximum atomic E-state index is 9.05. The molecule has 0 aliphatic rings. The summed E-state index contributed by atoms with van der Waals surface area (Å²) < 4.78 is 5.12. The summed E-state index contributed by atoms with van der Waals surface area (Å²) in [6, 6.07) is 5.49. The number of benzene rings is 1. The molecule has 0 fully saturated rings. The first-order chi connectivity index (χ1) is 9.24. The van der Waals surface area contributed by atoms with E-state index in [9.17, 15) is 0 Å². The first-order valence-corrected chi connectivity index (χ1v) is 6.11. The molecule has 1 unspecified atom stereocenters. The van der Waals surface area contributed by atoms with Crippen LogP contribution in [0.4, 0.5) is 11.5 Å². The minimum atomic E-state index is -0.00506. The molecule has 1 atom stereocenters. The number of fused-ring (bicyclic) bond motifs is 1. The van der Waals surface area contributed by atoms with Gasteiger partial charge in [-0.1, -0.05) is 0 Å². The predicted molar refractivity (Wildman–Crippen MR) is 74.9 cm³/mol. The predicted octanol–water partition coefficient (Wildman–Crippen LogP) is 1.02. The van der Waals surface area contributed by atoms with Gasteiger partial charge in [-0.2, -0.15) is 0 Å². The van der Waals surface area contributed by atoms with Gasteiger partial charge in [-0.3, -0.25) is 0 Å². The summed E-state index contributed by atoms with van der Waals surface area (Å²) in [5.41, 5.74) is 7.28. The highest BCUT2D eigenvalue weighted by molar-refractivity contribution is 5.91. The Kier molecular flexibility index (Phi) is 4.48. The number of nitrogens with zero attached hydrogens (tertiary/aromatic N) is 2. The second-order valence-corrected chi connectivity index (χ2v) is 4.31. The fraction of sp³-hybridized carbons (Fsp3) is 0.385. The number of anilines is 2. The average molecular weight is 262 g/mol. The SMILES string of the molecule is COCC(CCO)Nc1ncnc2ccc(N)cc12. The van der Waals surface area contributed by atoms with Crippen LogP contribution in [0.2, 0.25) is 0 Å². The fourth-order valence-electron chi connectivity index (χ4n) is 1.94. The monoisotopic (exact) mass is 262 g/mol. The number of hydrogen-bond donors (Lipinski definition) is 3. The summed E-state index contributed by atoms with van der Waals surface area (Å²) >= 11 is 0. The van der Waals surface area contributed by atoms with E-state index in [1.165, 1.54) is 6.33 Å². The molecule has 2 rings (SSSR count). The lowest BCUT2D eigenvalue weighted by Crippen LogP contribution is -2.26. The average Bonchev–Trinajstić information content (AvgIpc) is 2.40. The van der Waals surface area contributed by atoms with Gasteiger partial charge in [0.25, 0.3) is 0 Å². The molecular formula is C13H18N4O2. The van der Waals surface area contributed by atoms with Crippen LogP contribution < -0.4 is 11.1 Å². The van der Waals surface area contributed by atoms with Crippen LogP contribution in [0.3, 0.4) is 0 Å². The molecule has 4 N–H and O–H groups in total. The number of aromatic nitrogens is 2. The Bertz CT molecular complexity index is 541. The van der Waals surface area contributed by atoms with Crippen molar-refractivity contribution in [2.24, 2.45) is 0 Å². The fourth-order valence-corrected chi connectivity index (χ4v) is 1.94. The summed E-state index contributed by atoms with van der Waals surface area (Å²) in [4.78, 5) is 8.43. The molecule has 1 aromatic heterocycles. The van der Waals surface area contributed by atoms with Crippen molar-refractivity contribution in [3.63, 3.8) is 0 Å². The van der Waals surface area contributed by atoms with Crippen LogP contribution in [0.25, 0.3) is 10.9 Å². The molecule has 1 aromatic carbocycles. The zero-order chi connectivity index (χ0) is 13.7. The van der Waals surface area contributed by atoms with Crippen LogP contribution in [0, 0.1) is 0 Å². The minimum absolute atomic E-state index is 0.00506. The third kappa shape index (κ3) is 3.30. The maximum Gasteiger partial charge on any atom is 0.137 e. The number of methoxy groups -OCH3 is 1. The molecule has 102 valence electrons. The van der Waals surface area contributed by atoms with E-state index in [0.717, 1.165) is 10.9 Å². The quantitative estimate of drug-likeness (QED) is 0.673. The molecule has 0 saturated carbocycles. The first-order valence-electron chi connectivity index (χ1n) is 6.11. The van der Waals surface area contributed by atoms with E-state index >= 15 is 0 Å². The molecular weight excluding hydrogens is 244 g/mol. The lowest BCUT2D eigenvalue weighted by Gasteiger charge is -2.18. The van der Waals surface area contributed by atoms with Gasteiger partial charge in [0.1, 0.15) is 12.1 Å². The number of hydrogen-bond acceptors (Lipinski definition) is 6. The zero-order valence-electron chi connectivity index (χ0n) is 10.8. The lowest BCUT2D eigenvalue weighted by atomic mass is 10.2. The van der Waals surface area contributed by atoms with Crippen LogP contribution in [-0.4, -0.2) is 41.4 Å². The second-order valence-electron chi connectivity index (χ2n) is 4.31. The van der Waals surface area contributed by atoms with Crippen molar-refractivity contribution < 1.29 is 9.84 Å². The van der Waals surface area contributed by atoms with E-state index in [4.69, 9.17) is 15.6 Å². The third-order valence-corrected chi connectivity index (χ3v) is 2.85. The molecule has 2 aromatic rings. The molecule has 0 aliphatic carbocycles. The summed E-state index contributed by atoms with van der Waals surface area (Å²) in [5, 5.41) is 13.2. The van der Waals surface area contributed by atoms with Crippen molar-refractivity contribution in [3.8, 4) is 0 Å². The Balaban J connectivity index is 2.30. The second kappa shape index (κ2) is 6.31. The number of nitrogens with one attached hydrogen (secondary N) is 1. The Morgan fingerprint density at radius 3 is 3.00 bits per heavy atom. The number of rotatable bonds is 6. The van der Waals surface area contributed by atoms with Crippen LogP contribution in [0.15, 0.2) is 24.5 Å². The smallest absolute Gasteiger partial charge is 0.137 e. The molecule has 6 heteroatoms. The Hall–Kier alpha value is -1.92. The van der Waals surface area contributed by atoms with Gasteiger partial charge in [-0.05, 0) is 24.6 Å². The van der Waals surface area contributed by atoms with Crippen molar-refractivity contribution in [2.75, 3.05) is 31.4 Å². The number of nitrogens with two attached hydrogens (primary N) is 1.